The third-order valence-corrected chi connectivity index (χ3v) is 5.39. The van der Waals surface area contributed by atoms with Gasteiger partial charge in [0.2, 0.25) is 0 Å². The molecular weight excluding hydrogens is 342 g/mol. The standard InChI is InChI=1S/C18H16ClN3OS/c19-16-9-8-15(24-16)18(23)21-13-6-2-1-5-12(13)14-11-22-10-4-3-7-17(22)20-14/h1-2,5-6,8-9,11H,3-4,7,10H2,(H,21,23). The molecule has 4 nitrogen and oxygen atoms in total. The van der Waals surface area contributed by atoms with Gasteiger partial charge in [-0.2, -0.15) is 0 Å². The van der Waals surface area contributed by atoms with Gasteiger partial charge in [0.1, 0.15) is 5.82 Å². The minimum absolute atomic E-state index is 0.150. The molecule has 2 aromatic heterocycles. The van der Waals surface area contributed by atoms with Crippen molar-refractivity contribution in [3.63, 3.8) is 0 Å². The summed E-state index contributed by atoms with van der Waals surface area (Å²) >= 11 is 7.19. The summed E-state index contributed by atoms with van der Waals surface area (Å²) in [6, 6.07) is 11.2. The molecule has 4 rings (SSSR count). The maximum absolute atomic E-state index is 12.4. The van der Waals surface area contributed by atoms with E-state index in [4.69, 9.17) is 16.6 Å². The third kappa shape index (κ3) is 2.97. The van der Waals surface area contributed by atoms with Crippen molar-refractivity contribution < 1.29 is 4.79 Å². The molecular formula is C18H16ClN3OS. The van der Waals surface area contributed by atoms with E-state index in [0.717, 1.165) is 35.7 Å². The van der Waals surface area contributed by atoms with Crippen LogP contribution < -0.4 is 5.32 Å². The van der Waals surface area contributed by atoms with Gasteiger partial charge in [-0.1, -0.05) is 29.8 Å². The van der Waals surface area contributed by atoms with Gasteiger partial charge in [-0.25, -0.2) is 4.98 Å². The molecule has 0 saturated heterocycles. The highest BCUT2D eigenvalue weighted by Gasteiger charge is 2.17. The van der Waals surface area contributed by atoms with Gasteiger partial charge < -0.3 is 9.88 Å². The SMILES string of the molecule is O=C(Nc1ccccc1-c1cn2c(n1)CCCC2)c1ccc(Cl)s1. The largest absolute Gasteiger partial charge is 0.334 e. The Kier molecular flexibility index (Phi) is 4.12. The molecule has 1 aliphatic heterocycles. The molecule has 1 amide bonds. The first kappa shape index (κ1) is 15.4. The molecule has 1 N–H and O–H groups in total. The van der Waals surface area contributed by atoms with Crippen LogP contribution in [0.5, 0.6) is 0 Å². The number of aromatic nitrogens is 2. The number of anilines is 1. The number of nitrogens with zero attached hydrogens (tertiary/aromatic N) is 2. The maximum Gasteiger partial charge on any atom is 0.265 e. The fourth-order valence-corrected chi connectivity index (χ4v) is 3.92. The molecule has 0 unspecified atom stereocenters. The monoisotopic (exact) mass is 357 g/mol. The third-order valence-electron chi connectivity index (χ3n) is 4.16. The zero-order valence-electron chi connectivity index (χ0n) is 13.0. The van der Waals surface area contributed by atoms with Crippen molar-refractivity contribution in [1.29, 1.82) is 0 Å². The Morgan fingerprint density at radius 2 is 2.08 bits per heavy atom. The smallest absolute Gasteiger partial charge is 0.265 e. The van der Waals surface area contributed by atoms with Crippen molar-refractivity contribution in [3.8, 4) is 11.3 Å². The predicted molar refractivity (Wildman–Crippen MR) is 97.9 cm³/mol. The average Bonchev–Trinajstić information content (AvgIpc) is 3.21. The molecule has 122 valence electrons. The molecule has 1 aliphatic rings. The van der Waals surface area contributed by atoms with E-state index in [1.165, 1.54) is 24.2 Å². The van der Waals surface area contributed by atoms with Crippen LogP contribution in [-0.4, -0.2) is 15.5 Å². The summed E-state index contributed by atoms with van der Waals surface area (Å²) in [6.45, 7) is 1.02. The Labute approximate surface area is 149 Å². The maximum atomic E-state index is 12.4. The van der Waals surface area contributed by atoms with Crippen molar-refractivity contribution >= 4 is 34.5 Å². The van der Waals surface area contributed by atoms with Crippen LogP contribution in [0.15, 0.2) is 42.6 Å². The number of benzene rings is 1. The Balaban J connectivity index is 1.65. The summed E-state index contributed by atoms with van der Waals surface area (Å²) in [4.78, 5) is 17.8. The van der Waals surface area contributed by atoms with E-state index in [9.17, 15) is 4.79 Å². The Hall–Kier alpha value is -2.11. The number of imidazole rings is 1. The van der Waals surface area contributed by atoms with Crippen LogP contribution in [-0.2, 0) is 13.0 Å². The van der Waals surface area contributed by atoms with Gasteiger partial charge >= 0.3 is 0 Å². The van der Waals surface area contributed by atoms with Gasteiger partial charge in [0, 0.05) is 24.7 Å². The van der Waals surface area contributed by atoms with E-state index < -0.39 is 0 Å². The number of thiophene rings is 1. The zero-order valence-corrected chi connectivity index (χ0v) is 14.5. The summed E-state index contributed by atoms with van der Waals surface area (Å²) in [5.74, 6) is 0.978. The van der Waals surface area contributed by atoms with E-state index in [1.54, 1.807) is 12.1 Å². The number of hydrogen-bond acceptors (Lipinski definition) is 3. The van der Waals surface area contributed by atoms with Gasteiger partial charge in [-0.05, 0) is 31.0 Å². The average molecular weight is 358 g/mol. The van der Waals surface area contributed by atoms with Crippen LogP contribution in [0.2, 0.25) is 4.34 Å². The number of rotatable bonds is 3. The Bertz CT molecular complexity index is 876. The summed E-state index contributed by atoms with van der Waals surface area (Å²) < 4.78 is 2.83. The van der Waals surface area contributed by atoms with Crippen LogP contribution >= 0.6 is 22.9 Å². The van der Waals surface area contributed by atoms with Crippen LogP contribution in [0.3, 0.4) is 0 Å². The van der Waals surface area contributed by atoms with E-state index in [2.05, 4.69) is 16.1 Å². The molecule has 0 spiro atoms. The molecule has 3 heterocycles. The number of carbonyl (C=O) groups is 1. The molecule has 1 aromatic carbocycles. The van der Waals surface area contributed by atoms with Crippen molar-refractivity contribution in [2.75, 3.05) is 5.32 Å². The highest BCUT2D eigenvalue weighted by Crippen LogP contribution is 2.30. The highest BCUT2D eigenvalue weighted by atomic mass is 35.5. The van der Waals surface area contributed by atoms with Gasteiger partial charge in [0.05, 0.1) is 20.6 Å². The van der Waals surface area contributed by atoms with Gasteiger partial charge in [0.25, 0.3) is 5.91 Å². The number of fused-ring (bicyclic) bond motifs is 1. The Morgan fingerprint density at radius 3 is 2.88 bits per heavy atom. The highest BCUT2D eigenvalue weighted by molar-refractivity contribution is 7.18. The summed E-state index contributed by atoms with van der Waals surface area (Å²) in [5.41, 5.74) is 2.62. The number of hydrogen-bond donors (Lipinski definition) is 1. The van der Waals surface area contributed by atoms with Gasteiger partial charge in [-0.3, -0.25) is 4.79 Å². The van der Waals surface area contributed by atoms with Crippen molar-refractivity contribution in [2.24, 2.45) is 0 Å². The van der Waals surface area contributed by atoms with E-state index in [0.29, 0.717) is 9.21 Å². The second kappa shape index (κ2) is 6.42. The summed E-state index contributed by atoms with van der Waals surface area (Å²) in [7, 11) is 0. The first-order valence-electron chi connectivity index (χ1n) is 7.93. The number of aryl methyl sites for hydroxylation is 2. The van der Waals surface area contributed by atoms with Crippen molar-refractivity contribution in [2.45, 2.75) is 25.8 Å². The van der Waals surface area contributed by atoms with E-state index in [-0.39, 0.29) is 5.91 Å². The van der Waals surface area contributed by atoms with Crippen LogP contribution in [0.1, 0.15) is 28.3 Å². The van der Waals surface area contributed by atoms with E-state index in [1.807, 2.05) is 24.3 Å². The quantitative estimate of drug-likeness (QED) is 0.728. The molecule has 0 aliphatic carbocycles. The molecule has 6 heteroatoms. The number of nitrogens with one attached hydrogen (secondary N) is 1. The lowest BCUT2D eigenvalue weighted by atomic mass is 10.1. The van der Waals surface area contributed by atoms with Crippen molar-refractivity contribution in [3.05, 3.63) is 57.6 Å². The number of para-hydroxylation sites is 1. The predicted octanol–water partition coefficient (Wildman–Crippen LogP) is 4.85. The molecule has 0 saturated carbocycles. The lowest BCUT2D eigenvalue weighted by molar-refractivity contribution is 0.103. The number of halogens is 1. The number of carbonyl (C=O) groups excluding carboxylic acids is 1. The van der Waals surface area contributed by atoms with Crippen molar-refractivity contribution in [1.82, 2.24) is 9.55 Å². The minimum Gasteiger partial charge on any atom is -0.334 e. The minimum atomic E-state index is -0.150. The van der Waals surface area contributed by atoms with E-state index >= 15 is 0 Å². The molecule has 24 heavy (non-hydrogen) atoms. The fraction of sp³-hybridized carbons (Fsp3) is 0.222. The number of amides is 1. The molecule has 3 aromatic rings. The van der Waals surface area contributed by atoms with Gasteiger partial charge in [0.15, 0.2) is 0 Å². The second-order valence-electron chi connectivity index (χ2n) is 5.80. The molecule has 0 bridgehead atoms. The lowest BCUT2D eigenvalue weighted by Gasteiger charge is -2.11. The van der Waals surface area contributed by atoms with Crippen LogP contribution in [0, 0.1) is 0 Å². The van der Waals surface area contributed by atoms with Gasteiger partial charge in [-0.15, -0.1) is 11.3 Å². The normalized spacial score (nSPS) is 13.5. The fourth-order valence-electron chi connectivity index (χ4n) is 2.98. The van der Waals surface area contributed by atoms with Crippen LogP contribution in [0.4, 0.5) is 5.69 Å². The van der Waals surface area contributed by atoms with Crippen LogP contribution in [0.25, 0.3) is 11.3 Å². The lowest BCUT2D eigenvalue weighted by Crippen LogP contribution is -2.10. The first-order valence-corrected chi connectivity index (χ1v) is 9.12. The molecule has 0 atom stereocenters. The molecule has 0 radical (unpaired) electrons. The molecule has 0 fully saturated rings. The second-order valence-corrected chi connectivity index (χ2v) is 7.51. The summed E-state index contributed by atoms with van der Waals surface area (Å²) in [5, 5.41) is 2.98. The topological polar surface area (TPSA) is 46.9 Å². The summed E-state index contributed by atoms with van der Waals surface area (Å²) in [6.07, 6.45) is 5.48. The Morgan fingerprint density at radius 1 is 1.21 bits per heavy atom. The first-order chi connectivity index (χ1) is 11.7. The zero-order chi connectivity index (χ0) is 16.5.